The van der Waals surface area contributed by atoms with Crippen LogP contribution in [-0.4, -0.2) is 12.6 Å². The van der Waals surface area contributed by atoms with Crippen molar-refractivity contribution < 1.29 is 9.53 Å². The summed E-state index contributed by atoms with van der Waals surface area (Å²) in [5.41, 5.74) is 2.96. The zero-order valence-electron chi connectivity index (χ0n) is 12.8. The molecule has 0 saturated heterocycles. The van der Waals surface area contributed by atoms with E-state index < -0.39 is 0 Å². The second kappa shape index (κ2) is 8.11. The van der Waals surface area contributed by atoms with Crippen molar-refractivity contribution >= 4 is 21.9 Å². The SMILES string of the molecule is CCOC(=O)c1ccc(CN[C@@H](C)c2cccc(Br)c2)cc1. The van der Waals surface area contributed by atoms with Crippen molar-refractivity contribution in [1.29, 1.82) is 0 Å². The average Bonchev–Trinajstić information content (AvgIpc) is 2.53. The molecule has 0 aliphatic heterocycles. The normalized spacial score (nSPS) is 12.0. The van der Waals surface area contributed by atoms with Crippen molar-refractivity contribution in [2.75, 3.05) is 6.61 Å². The zero-order chi connectivity index (χ0) is 15.9. The van der Waals surface area contributed by atoms with E-state index in [1.165, 1.54) is 5.56 Å². The molecular weight excluding hydrogens is 342 g/mol. The van der Waals surface area contributed by atoms with Gasteiger partial charge >= 0.3 is 5.97 Å². The number of hydrogen-bond donors (Lipinski definition) is 1. The van der Waals surface area contributed by atoms with Gasteiger partial charge in [-0.15, -0.1) is 0 Å². The number of hydrogen-bond acceptors (Lipinski definition) is 3. The maximum absolute atomic E-state index is 11.6. The van der Waals surface area contributed by atoms with Gasteiger partial charge in [0.25, 0.3) is 0 Å². The van der Waals surface area contributed by atoms with Crippen molar-refractivity contribution in [3.05, 3.63) is 69.7 Å². The Morgan fingerprint density at radius 2 is 1.95 bits per heavy atom. The fourth-order valence-electron chi connectivity index (χ4n) is 2.14. The van der Waals surface area contributed by atoms with Crippen LogP contribution in [0.15, 0.2) is 53.0 Å². The number of carbonyl (C=O) groups excluding carboxylic acids is 1. The Labute approximate surface area is 139 Å². The van der Waals surface area contributed by atoms with E-state index in [1.807, 2.05) is 24.3 Å². The molecule has 0 aromatic heterocycles. The minimum Gasteiger partial charge on any atom is -0.462 e. The monoisotopic (exact) mass is 361 g/mol. The Balaban J connectivity index is 1.93. The lowest BCUT2D eigenvalue weighted by atomic mass is 10.1. The topological polar surface area (TPSA) is 38.3 Å². The van der Waals surface area contributed by atoms with Crippen LogP contribution in [0, 0.1) is 0 Å². The van der Waals surface area contributed by atoms with Crippen LogP contribution in [0.25, 0.3) is 0 Å². The fraction of sp³-hybridized carbons (Fsp3) is 0.278. The molecule has 0 spiro atoms. The van der Waals surface area contributed by atoms with E-state index in [2.05, 4.69) is 40.3 Å². The van der Waals surface area contributed by atoms with Crippen molar-refractivity contribution in [3.8, 4) is 0 Å². The molecule has 1 atom stereocenters. The average molecular weight is 362 g/mol. The summed E-state index contributed by atoms with van der Waals surface area (Å²) in [7, 11) is 0. The summed E-state index contributed by atoms with van der Waals surface area (Å²) >= 11 is 3.49. The highest BCUT2D eigenvalue weighted by atomic mass is 79.9. The molecule has 0 heterocycles. The molecule has 1 N–H and O–H groups in total. The maximum Gasteiger partial charge on any atom is 0.338 e. The third-order valence-electron chi connectivity index (χ3n) is 3.43. The van der Waals surface area contributed by atoms with Crippen molar-refractivity contribution in [3.63, 3.8) is 0 Å². The summed E-state index contributed by atoms with van der Waals surface area (Å²) in [6.45, 7) is 5.08. The molecule has 0 saturated carbocycles. The van der Waals surface area contributed by atoms with E-state index in [-0.39, 0.29) is 12.0 Å². The van der Waals surface area contributed by atoms with Gasteiger partial charge in [-0.1, -0.05) is 40.2 Å². The van der Waals surface area contributed by atoms with Gasteiger partial charge < -0.3 is 10.1 Å². The zero-order valence-corrected chi connectivity index (χ0v) is 14.4. The van der Waals surface area contributed by atoms with Crippen LogP contribution < -0.4 is 5.32 Å². The van der Waals surface area contributed by atoms with Crippen LogP contribution in [0.4, 0.5) is 0 Å². The Hall–Kier alpha value is -1.65. The summed E-state index contributed by atoms with van der Waals surface area (Å²) in [5, 5.41) is 3.48. The van der Waals surface area contributed by atoms with Crippen LogP contribution >= 0.6 is 15.9 Å². The third-order valence-corrected chi connectivity index (χ3v) is 3.92. The highest BCUT2D eigenvalue weighted by Crippen LogP contribution is 2.18. The Morgan fingerprint density at radius 1 is 1.23 bits per heavy atom. The Bertz CT molecular complexity index is 625. The van der Waals surface area contributed by atoms with Crippen LogP contribution in [0.1, 0.15) is 41.4 Å². The molecule has 2 aromatic rings. The summed E-state index contributed by atoms with van der Waals surface area (Å²) < 4.78 is 6.06. The van der Waals surface area contributed by atoms with Crippen LogP contribution in [0.5, 0.6) is 0 Å². The largest absolute Gasteiger partial charge is 0.462 e. The molecule has 2 rings (SSSR count). The van der Waals surface area contributed by atoms with Crippen LogP contribution in [0.2, 0.25) is 0 Å². The first-order valence-electron chi connectivity index (χ1n) is 7.35. The lowest BCUT2D eigenvalue weighted by molar-refractivity contribution is 0.0526. The van der Waals surface area contributed by atoms with Gasteiger partial charge in [-0.05, 0) is 49.2 Å². The molecule has 116 valence electrons. The number of carbonyl (C=O) groups is 1. The highest BCUT2D eigenvalue weighted by molar-refractivity contribution is 9.10. The molecule has 0 amide bonds. The van der Waals surface area contributed by atoms with E-state index in [0.29, 0.717) is 12.2 Å². The molecular formula is C18H20BrNO2. The lowest BCUT2D eigenvalue weighted by Gasteiger charge is -2.15. The molecule has 2 aromatic carbocycles. The standard InChI is InChI=1S/C18H20BrNO2/c1-3-22-18(21)15-9-7-14(8-10-15)12-20-13(2)16-5-4-6-17(19)11-16/h4-11,13,20H,3,12H2,1-2H3/t13-/m0/s1. The Morgan fingerprint density at radius 3 is 2.59 bits per heavy atom. The molecule has 0 aliphatic rings. The first kappa shape index (κ1) is 16.7. The van der Waals surface area contributed by atoms with E-state index in [0.717, 1.165) is 16.6 Å². The summed E-state index contributed by atoms with van der Waals surface area (Å²) in [5.74, 6) is -0.274. The van der Waals surface area contributed by atoms with Gasteiger partial charge in [0.1, 0.15) is 0 Å². The minimum absolute atomic E-state index is 0.252. The summed E-state index contributed by atoms with van der Waals surface area (Å²) in [6, 6.07) is 16.0. The molecule has 22 heavy (non-hydrogen) atoms. The quantitative estimate of drug-likeness (QED) is 0.771. The molecule has 0 bridgehead atoms. The number of rotatable bonds is 6. The Kier molecular flexibility index (Phi) is 6.16. The van der Waals surface area contributed by atoms with Gasteiger partial charge in [-0.3, -0.25) is 0 Å². The number of esters is 1. The maximum atomic E-state index is 11.6. The van der Waals surface area contributed by atoms with Crippen molar-refractivity contribution in [2.24, 2.45) is 0 Å². The smallest absolute Gasteiger partial charge is 0.338 e. The molecule has 0 unspecified atom stereocenters. The van der Waals surface area contributed by atoms with E-state index in [4.69, 9.17) is 4.74 Å². The predicted octanol–water partition coefficient (Wildman–Crippen LogP) is 4.48. The lowest BCUT2D eigenvalue weighted by Crippen LogP contribution is -2.18. The van der Waals surface area contributed by atoms with Gasteiger partial charge in [0.05, 0.1) is 12.2 Å². The van der Waals surface area contributed by atoms with Gasteiger partial charge in [0.2, 0.25) is 0 Å². The van der Waals surface area contributed by atoms with E-state index >= 15 is 0 Å². The minimum atomic E-state index is -0.274. The van der Waals surface area contributed by atoms with Crippen LogP contribution in [-0.2, 0) is 11.3 Å². The first-order valence-corrected chi connectivity index (χ1v) is 8.14. The van der Waals surface area contributed by atoms with E-state index in [9.17, 15) is 4.79 Å². The second-order valence-corrected chi connectivity index (χ2v) is 5.99. The van der Waals surface area contributed by atoms with Crippen molar-refractivity contribution in [1.82, 2.24) is 5.32 Å². The number of benzene rings is 2. The van der Waals surface area contributed by atoms with E-state index in [1.54, 1.807) is 19.1 Å². The summed E-state index contributed by atoms with van der Waals surface area (Å²) in [4.78, 5) is 11.6. The highest BCUT2D eigenvalue weighted by Gasteiger charge is 2.07. The summed E-state index contributed by atoms with van der Waals surface area (Å²) in [6.07, 6.45) is 0. The van der Waals surface area contributed by atoms with Gasteiger partial charge in [-0.2, -0.15) is 0 Å². The third kappa shape index (κ3) is 4.68. The van der Waals surface area contributed by atoms with Gasteiger partial charge in [0, 0.05) is 17.1 Å². The predicted molar refractivity (Wildman–Crippen MR) is 91.8 cm³/mol. The molecule has 3 nitrogen and oxygen atoms in total. The van der Waals surface area contributed by atoms with Gasteiger partial charge in [0.15, 0.2) is 0 Å². The van der Waals surface area contributed by atoms with Gasteiger partial charge in [-0.25, -0.2) is 4.79 Å². The first-order chi connectivity index (χ1) is 10.6. The fourth-order valence-corrected chi connectivity index (χ4v) is 2.55. The molecule has 4 heteroatoms. The van der Waals surface area contributed by atoms with Crippen LogP contribution in [0.3, 0.4) is 0 Å². The molecule has 0 radical (unpaired) electrons. The molecule has 0 fully saturated rings. The number of nitrogens with one attached hydrogen (secondary N) is 1. The second-order valence-electron chi connectivity index (χ2n) is 5.07. The molecule has 0 aliphatic carbocycles. The number of ether oxygens (including phenoxy) is 1. The van der Waals surface area contributed by atoms with Crippen molar-refractivity contribution in [2.45, 2.75) is 26.4 Å². The number of halogens is 1.